The zero-order valence-electron chi connectivity index (χ0n) is 20.9. The van der Waals surface area contributed by atoms with Crippen LogP contribution in [0.15, 0.2) is 82.8 Å². The van der Waals surface area contributed by atoms with Crippen LogP contribution in [-0.2, 0) is 14.8 Å². The minimum atomic E-state index is -4.17. The fraction of sp³-hybridized carbons (Fsp3) is 0.148. The van der Waals surface area contributed by atoms with Crippen molar-refractivity contribution in [2.75, 3.05) is 25.1 Å². The first-order valence-corrected chi connectivity index (χ1v) is 13.2. The van der Waals surface area contributed by atoms with Crippen LogP contribution < -0.4 is 19.2 Å². The Bertz CT molecular complexity index is 1610. The molecule has 1 amide bonds. The van der Waals surface area contributed by atoms with Crippen LogP contribution in [0.4, 0.5) is 5.69 Å². The Kier molecular flexibility index (Phi) is 8.13. The molecule has 0 unspecified atom stereocenters. The highest BCUT2D eigenvalue weighted by atomic mass is 35.5. The van der Waals surface area contributed by atoms with Gasteiger partial charge in [0.25, 0.3) is 15.9 Å². The molecule has 1 N–H and O–H groups in total. The topological polar surface area (TPSA) is 110 Å². The predicted octanol–water partition coefficient (Wildman–Crippen LogP) is 4.56. The van der Waals surface area contributed by atoms with Gasteiger partial charge in [-0.2, -0.15) is 5.10 Å². The second-order valence-corrected chi connectivity index (χ2v) is 10.4. The lowest BCUT2D eigenvalue weighted by molar-refractivity contribution is -0.119. The van der Waals surface area contributed by atoms with Crippen molar-refractivity contribution in [3.63, 3.8) is 0 Å². The number of fused-ring (bicyclic) bond motifs is 1. The van der Waals surface area contributed by atoms with E-state index >= 15 is 0 Å². The number of benzene rings is 3. The molecule has 0 saturated heterocycles. The third kappa shape index (κ3) is 5.87. The molecule has 0 fully saturated rings. The Morgan fingerprint density at radius 1 is 1.03 bits per heavy atom. The summed E-state index contributed by atoms with van der Waals surface area (Å²) in [5, 5.41) is 5.05. The highest BCUT2D eigenvalue weighted by Crippen LogP contribution is 2.32. The van der Waals surface area contributed by atoms with E-state index in [1.54, 1.807) is 30.3 Å². The third-order valence-electron chi connectivity index (χ3n) is 5.65. The molecule has 3 aromatic carbocycles. The molecule has 0 aliphatic carbocycles. The largest absolute Gasteiger partial charge is 0.493 e. The lowest BCUT2D eigenvalue weighted by Gasteiger charge is -2.24. The molecule has 0 spiro atoms. The number of ether oxygens (including phenoxy) is 2. The van der Waals surface area contributed by atoms with E-state index < -0.39 is 22.5 Å². The summed E-state index contributed by atoms with van der Waals surface area (Å²) in [5.41, 5.74) is 4.85. The lowest BCUT2D eigenvalue weighted by Crippen LogP contribution is -2.39. The van der Waals surface area contributed by atoms with Crippen molar-refractivity contribution in [2.45, 2.75) is 11.8 Å². The number of methoxy groups -OCH3 is 2. The molecule has 4 rings (SSSR count). The number of hydrogen-bond donors (Lipinski definition) is 1. The number of halogens is 1. The second kappa shape index (κ2) is 11.5. The number of nitrogens with one attached hydrogen (secondary N) is 1. The van der Waals surface area contributed by atoms with Gasteiger partial charge in [-0.3, -0.25) is 9.10 Å². The Morgan fingerprint density at radius 3 is 2.45 bits per heavy atom. The Labute approximate surface area is 225 Å². The molecule has 1 aromatic heterocycles. The number of amides is 1. The molecule has 196 valence electrons. The van der Waals surface area contributed by atoms with Crippen molar-refractivity contribution in [1.29, 1.82) is 0 Å². The summed E-state index contributed by atoms with van der Waals surface area (Å²) in [6.45, 7) is 1.35. The normalized spacial score (nSPS) is 11.5. The molecule has 0 atom stereocenters. The molecule has 38 heavy (non-hydrogen) atoms. The molecule has 11 heteroatoms. The van der Waals surface area contributed by atoms with Gasteiger partial charge in [0, 0.05) is 17.0 Å². The van der Waals surface area contributed by atoms with E-state index in [1.165, 1.54) is 38.6 Å². The van der Waals surface area contributed by atoms with E-state index in [0.717, 1.165) is 20.8 Å². The molecular weight excluding hydrogens is 528 g/mol. The zero-order valence-corrected chi connectivity index (χ0v) is 22.5. The van der Waals surface area contributed by atoms with Crippen LogP contribution in [0.2, 0.25) is 5.15 Å². The standard InChI is InChI=1S/C27H25ClN4O5S/c1-18-8-10-21(11-9-18)32(38(34,35)22-12-13-24(36-2)25(15-22)37-3)17-26(33)31-29-16-20-14-19-6-4-5-7-23(19)30-27(20)28/h4-16H,17H2,1-3H3,(H,31,33)/b29-16-. The van der Waals surface area contributed by atoms with Crippen LogP contribution in [0.25, 0.3) is 10.9 Å². The average molecular weight is 553 g/mol. The summed E-state index contributed by atoms with van der Waals surface area (Å²) in [6.07, 6.45) is 1.36. The van der Waals surface area contributed by atoms with Gasteiger partial charge >= 0.3 is 0 Å². The summed E-state index contributed by atoms with van der Waals surface area (Å²) in [5.74, 6) is -0.0367. The van der Waals surface area contributed by atoms with Crippen molar-refractivity contribution in [3.8, 4) is 11.5 Å². The number of anilines is 1. The number of hydrazone groups is 1. The van der Waals surface area contributed by atoms with Crippen molar-refractivity contribution >= 4 is 50.3 Å². The molecule has 0 aliphatic rings. The van der Waals surface area contributed by atoms with Gasteiger partial charge in [-0.05, 0) is 43.3 Å². The third-order valence-corrected chi connectivity index (χ3v) is 7.72. The molecule has 0 aliphatic heterocycles. The molecule has 0 saturated carbocycles. The molecule has 1 heterocycles. The van der Waals surface area contributed by atoms with Crippen molar-refractivity contribution < 1.29 is 22.7 Å². The number of pyridine rings is 1. The zero-order chi connectivity index (χ0) is 27.3. The van der Waals surface area contributed by atoms with Crippen LogP contribution in [0, 0.1) is 6.92 Å². The Balaban J connectivity index is 1.60. The molecule has 0 radical (unpaired) electrons. The number of hydrogen-bond acceptors (Lipinski definition) is 7. The van der Waals surface area contributed by atoms with Gasteiger partial charge in [-0.1, -0.05) is 47.5 Å². The van der Waals surface area contributed by atoms with Crippen molar-refractivity contribution in [1.82, 2.24) is 10.4 Å². The van der Waals surface area contributed by atoms with Crippen molar-refractivity contribution in [2.24, 2.45) is 5.10 Å². The number of aromatic nitrogens is 1. The number of aryl methyl sites for hydroxylation is 1. The summed E-state index contributed by atoms with van der Waals surface area (Å²) >= 11 is 6.25. The van der Waals surface area contributed by atoms with Gasteiger partial charge in [0.2, 0.25) is 0 Å². The first-order chi connectivity index (χ1) is 18.2. The van der Waals surface area contributed by atoms with E-state index in [9.17, 15) is 13.2 Å². The van der Waals surface area contributed by atoms with Crippen molar-refractivity contribution in [3.05, 3.63) is 89.1 Å². The van der Waals surface area contributed by atoms with Gasteiger partial charge in [0.05, 0.1) is 36.5 Å². The van der Waals surface area contributed by atoms with E-state index in [4.69, 9.17) is 21.1 Å². The van der Waals surface area contributed by atoms with Crippen LogP contribution in [0.5, 0.6) is 11.5 Å². The summed E-state index contributed by atoms with van der Waals surface area (Å²) in [6, 6.07) is 20.3. The van der Waals surface area contributed by atoms with E-state index in [1.807, 2.05) is 31.2 Å². The second-order valence-electron chi connectivity index (χ2n) is 8.22. The number of rotatable bonds is 9. The molecule has 0 bridgehead atoms. The molecule has 9 nitrogen and oxygen atoms in total. The number of para-hydroxylation sites is 1. The maximum Gasteiger partial charge on any atom is 0.264 e. The summed E-state index contributed by atoms with van der Waals surface area (Å²) in [4.78, 5) is 17.1. The highest BCUT2D eigenvalue weighted by Gasteiger charge is 2.28. The molecule has 4 aromatic rings. The van der Waals surface area contributed by atoms with E-state index in [-0.39, 0.29) is 15.8 Å². The van der Waals surface area contributed by atoms with Crippen LogP contribution in [-0.4, -0.2) is 46.3 Å². The van der Waals surface area contributed by atoms with E-state index in [0.29, 0.717) is 17.0 Å². The summed E-state index contributed by atoms with van der Waals surface area (Å²) in [7, 11) is -1.31. The summed E-state index contributed by atoms with van der Waals surface area (Å²) < 4.78 is 38.8. The lowest BCUT2D eigenvalue weighted by atomic mass is 10.2. The fourth-order valence-electron chi connectivity index (χ4n) is 3.67. The minimum absolute atomic E-state index is 0.0685. The van der Waals surface area contributed by atoms with Gasteiger partial charge < -0.3 is 9.47 Å². The van der Waals surface area contributed by atoms with Gasteiger partial charge in [-0.25, -0.2) is 18.8 Å². The monoisotopic (exact) mass is 552 g/mol. The number of sulfonamides is 1. The van der Waals surface area contributed by atoms with Crippen LogP contribution in [0.1, 0.15) is 11.1 Å². The first-order valence-electron chi connectivity index (χ1n) is 11.4. The molecular formula is C27H25ClN4O5S. The Hall–Kier alpha value is -4.15. The highest BCUT2D eigenvalue weighted by molar-refractivity contribution is 7.92. The number of carbonyl (C=O) groups is 1. The minimum Gasteiger partial charge on any atom is -0.493 e. The van der Waals surface area contributed by atoms with Gasteiger partial charge in [0.1, 0.15) is 11.7 Å². The van der Waals surface area contributed by atoms with Gasteiger partial charge in [0.15, 0.2) is 11.5 Å². The maximum atomic E-state index is 13.7. The average Bonchev–Trinajstić information content (AvgIpc) is 2.92. The first kappa shape index (κ1) is 26.9. The number of carbonyl (C=O) groups excluding carboxylic acids is 1. The SMILES string of the molecule is COc1ccc(S(=O)(=O)N(CC(=O)N/N=C\c2cc3ccccc3nc2Cl)c2ccc(C)cc2)cc1OC. The Morgan fingerprint density at radius 2 is 1.74 bits per heavy atom. The van der Waals surface area contributed by atoms with Gasteiger partial charge in [-0.15, -0.1) is 0 Å². The van der Waals surface area contributed by atoms with Crippen LogP contribution in [0.3, 0.4) is 0 Å². The van der Waals surface area contributed by atoms with E-state index in [2.05, 4.69) is 15.5 Å². The maximum absolute atomic E-state index is 13.7. The predicted molar refractivity (Wildman–Crippen MR) is 148 cm³/mol. The van der Waals surface area contributed by atoms with Crippen LogP contribution >= 0.6 is 11.6 Å². The quantitative estimate of drug-likeness (QED) is 0.185. The smallest absolute Gasteiger partial charge is 0.264 e. The fourth-order valence-corrected chi connectivity index (χ4v) is 5.30. The number of nitrogens with zero attached hydrogens (tertiary/aromatic N) is 3.